The third kappa shape index (κ3) is 3.67. The molecule has 0 amide bonds. The number of ether oxygens (including phenoxy) is 1. The molecular formula is C19H20N2O2. The molecule has 0 saturated heterocycles. The Hall–Kier alpha value is -2.43. The molecule has 0 aliphatic rings. The number of hydrogen-bond acceptors (Lipinski definition) is 3. The summed E-state index contributed by atoms with van der Waals surface area (Å²) in [7, 11) is 1.67. The first-order chi connectivity index (χ1) is 11.3. The molecule has 2 atom stereocenters. The molecule has 4 heteroatoms. The average Bonchev–Trinajstić information content (AvgIpc) is 3.07. The lowest BCUT2D eigenvalue weighted by Crippen LogP contribution is -2.06. The normalized spacial score (nSPS) is 13.7. The maximum absolute atomic E-state index is 10.4. The zero-order valence-corrected chi connectivity index (χ0v) is 13.0. The number of H-pyrrole nitrogens is 1. The van der Waals surface area contributed by atoms with E-state index >= 15 is 0 Å². The van der Waals surface area contributed by atoms with Gasteiger partial charge in [-0.2, -0.15) is 0 Å². The van der Waals surface area contributed by atoms with Crippen molar-refractivity contribution >= 4 is 0 Å². The van der Waals surface area contributed by atoms with Crippen molar-refractivity contribution in [2.24, 2.45) is 0 Å². The minimum absolute atomic E-state index is 0.221. The molecule has 0 unspecified atom stereocenters. The Bertz CT molecular complexity index is 725. The van der Waals surface area contributed by atoms with Gasteiger partial charge in [-0.1, -0.05) is 60.7 Å². The van der Waals surface area contributed by atoms with E-state index in [-0.39, 0.29) is 6.10 Å². The molecular weight excluding hydrogens is 288 g/mol. The van der Waals surface area contributed by atoms with E-state index in [9.17, 15) is 5.11 Å². The summed E-state index contributed by atoms with van der Waals surface area (Å²) in [6.45, 7) is 0. The number of aliphatic hydroxyl groups excluding tert-OH is 1. The van der Waals surface area contributed by atoms with Gasteiger partial charge >= 0.3 is 0 Å². The number of aromatic amines is 1. The summed E-state index contributed by atoms with van der Waals surface area (Å²) in [5, 5.41) is 10.4. The van der Waals surface area contributed by atoms with Crippen LogP contribution in [0.15, 0.2) is 66.9 Å². The van der Waals surface area contributed by atoms with Crippen molar-refractivity contribution in [1.82, 2.24) is 9.97 Å². The van der Waals surface area contributed by atoms with E-state index in [1.165, 1.54) is 0 Å². The van der Waals surface area contributed by atoms with Crippen LogP contribution in [-0.4, -0.2) is 22.2 Å². The number of aromatic nitrogens is 2. The fraction of sp³-hybridized carbons (Fsp3) is 0.211. The number of hydrogen-bond donors (Lipinski definition) is 2. The SMILES string of the molecule is CO[C@H](c1ccccc1)c1cnc([C@H](O)Cc2ccccc2)[nH]1. The standard InChI is InChI=1S/C19H20N2O2/c1-23-18(15-10-6-3-7-11-15)16-13-20-19(21-16)17(22)12-14-8-4-2-5-9-14/h2-11,13,17-18,22H,12H2,1H3,(H,20,21)/t17-,18-/m1/s1. The second-order valence-electron chi connectivity index (χ2n) is 5.46. The topological polar surface area (TPSA) is 58.1 Å². The van der Waals surface area contributed by atoms with E-state index in [0.717, 1.165) is 16.8 Å². The molecule has 4 nitrogen and oxygen atoms in total. The third-order valence-corrected chi connectivity index (χ3v) is 3.82. The monoisotopic (exact) mass is 308 g/mol. The smallest absolute Gasteiger partial charge is 0.135 e. The zero-order chi connectivity index (χ0) is 16.1. The van der Waals surface area contributed by atoms with Gasteiger partial charge in [0, 0.05) is 13.5 Å². The lowest BCUT2D eigenvalue weighted by molar-refractivity contribution is 0.132. The molecule has 1 heterocycles. The first kappa shape index (κ1) is 15.5. The molecule has 0 aliphatic heterocycles. The predicted octanol–water partition coefficient (Wildman–Crippen LogP) is 3.42. The first-order valence-corrected chi connectivity index (χ1v) is 7.62. The largest absolute Gasteiger partial charge is 0.385 e. The second kappa shape index (κ2) is 7.22. The van der Waals surface area contributed by atoms with Crippen molar-refractivity contribution in [2.75, 3.05) is 7.11 Å². The summed E-state index contributed by atoms with van der Waals surface area (Å²) in [6.07, 6.45) is 1.36. The van der Waals surface area contributed by atoms with E-state index in [1.807, 2.05) is 60.7 Å². The predicted molar refractivity (Wildman–Crippen MR) is 89.0 cm³/mol. The Morgan fingerprint density at radius 2 is 1.70 bits per heavy atom. The highest BCUT2D eigenvalue weighted by atomic mass is 16.5. The maximum Gasteiger partial charge on any atom is 0.135 e. The van der Waals surface area contributed by atoms with Crippen LogP contribution >= 0.6 is 0 Å². The summed E-state index contributed by atoms with van der Waals surface area (Å²) in [5.74, 6) is 0.557. The van der Waals surface area contributed by atoms with E-state index in [4.69, 9.17) is 4.74 Å². The van der Waals surface area contributed by atoms with Crippen molar-refractivity contribution in [1.29, 1.82) is 0 Å². The first-order valence-electron chi connectivity index (χ1n) is 7.62. The van der Waals surface area contributed by atoms with Gasteiger partial charge in [0.2, 0.25) is 0 Å². The Labute approximate surface area is 135 Å². The number of rotatable bonds is 6. The summed E-state index contributed by atoms with van der Waals surface area (Å²) in [6, 6.07) is 19.8. The molecule has 23 heavy (non-hydrogen) atoms. The Balaban J connectivity index is 1.77. The molecule has 2 N–H and O–H groups in total. The summed E-state index contributed by atoms with van der Waals surface area (Å²) < 4.78 is 5.58. The third-order valence-electron chi connectivity index (χ3n) is 3.82. The van der Waals surface area contributed by atoms with Gasteiger partial charge in [-0.3, -0.25) is 0 Å². The number of benzene rings is 2. The Kier molecular flexibility index (Phi) is 4.86. The number of imidazole rings is 1. The number of methoxy groups -OCH3 is 1. The van der Waals surface area contributed by atoms with Crippen LogP contribution in [0.25, 0.3) is 0 Å². The van der Waals surface area contributed by atoms with Crippen LogP contribution in [0.5, 0.6) is 0 Å². The zero-order valence-electron chi connectivity index (χ0n) is 13.0. The summed E-state index contributed by atoms with van der Waals surface area (Å²) in [4.78, 5) is 7.52. The van der Waals surface area contributed by atoms with Gasteiger partial charge < -0.3 is 14.8 Å². The van der Waals surface area contributed by atoms with Gasteiger partial charge in [-0.05, 0) is 11.1 Å². The molecule has 0 saturated carbocycles. The highest BCUT2D eigenvalue weighted by Gasteiger charge is 2.18. The van der Waals surface area contributed by atoms with Gasteiger partial charge in [-0.25, -0.2) is 4.98 Å². The van der Waals surface area contributed by atoms with E-state index in [2.05, 4.69) is 9.97 Å². The minimum atomic E-state index is -0.667. The van der Waals surface area contributed by atoms with Crippen LogP contribution in [0.4, 0.5) is 0 Å². The van der Waals surface area contributed by atoms with Gasteiger partial charge in [0.15, 0.2) is 0 Å². The van der Waals surface area contributed by atoms with Crippen LogP contribution in [0.3, 0.4) is 0 Å². The Morgan fingerprint density at radius 3 is 2.35 bits per heavy atom. The molecule has 0 radical (unpaired) electrons. The lowest BCUT2D eigenvalue weighted by atomic mass is 10.1. The molecule has 3 rings (SSSR count). The quantitative estimate of drug-likeness (QED) is 0.733. The van der Waals surface area contributed by atoms with E-state index < -0.39 is 6.10 Å². The molecule has 0 fully saturated rings. The van der Waals surface area contributed by atoms with Crippen LogP contribution in [0.1, 0.15) is 34.9 Å². The highest BCUT2D eigenvalue weighted by Crippen LogP contribution is 2.25. The highest BCUT2D eigenvalue weighted by molar-refractivity contribution is 5.26. The second-order valence-corrected chi connectivity index (χ2v) is 5.46. The average molecular weight is 308 g/mol. The maximum atomic E-state index is 10.4. The molecule has 1 aromatic heterocycles. The lowest BCUT2D eigenvalue weighted by Gasteiger charge is -2.14. The molecule has 0 aliphatic carbocycles. The van der Waals surface area contributed by atoms with Crippen molar-refractivity contribution in [3.8, 4) is 0 Å². The molecule has 3 aromatic rings. The van der Waals surface area contributed by atoms with Crippen LogP contribution < -0.4 is 0 Å². The van der Waals surface area contributed by atoms with E-state index in [1.54, 1.807) is 13.3 Å². The molecule has 118 valence electrons. The van der Waals surface area contributed by atoms with Gasteiger partial charge in [-0.15, -0.1) is 0 Å². The Morgan fingerprint density at radius 1 is 1.04 bits per heavy atom. The molecule has 0 bridgehead atoms. The van der Waals surface area contributed by atoms with Crippen LogP contribution in [-0.2, 0) is 11.2 Å². The van der Waals surface area contributed by atoms with Crippen LogP contribution in [0.2, 0.25) is 0 Å². The number of nitrogens with one attached hydrogen (secondary N) is 1. The van der Waals surface area contributed by atoms with Gasteiger partial charge in [0.25, 0.3) is 0 Å². The fourth-order valence-electron chi connectivity index (χ4n) is 2.66. The number of nitrogens with zero attached hydrogens (tertiary/aromatic N) is 1. The van der Waals surface area contributed by atoms with Gasteiger partial charge in [0.1, 0.15) is 18.0 Å². The van der Waals surface area contributed by atoms with E-state index in [0.29, 0.717) is 12.2 Å². The fourth-order valence-corrected chi connectivity index (χ4v) is 2.66. The van der Waals surface area contributed by atoms with Crippen molar-refractivity contribution < 1.29 is 9.84 Å². The van der Waals surface area contributed by atoms with Crippen LogP contribution in [0, 0.1) is 0 Å². The van der Waals surface area contributed by atoms with Crippen molar-refractivity contribution in [2.45, 2.75) is 18.6 Å². The van der Waals surface area contributed by atoms with Gasteiger partial charge in [0.05, 0.1) is 11.9 Å². The molecule has 0 spiro atoms. The minimum Gasteiger partial charge on any atom is -0.385 e. The van der Waals surface area contributed by atoms with Crippen molar-refractivity contribution in [3.63, 3.8) is 0 Å². The van der Waals surface area contributed by atoms with Crippen molar-refractivity contribution in [3.05, 3.63) is 89.5 Å². The molecule has 2 aromatic carbocycles. The summed E-state index contributed by atoms with van der Waals surface area (Å²) >= 11 is 0. The number of aliphatic hydroxyl groups is 1. The summed E-state index contributed by atoms with van der Waals surface area (Å²) in [5.41, 5.74) is 2.95.